The molecule has 4 atom stereocenters. The second-order valence-electron chi connectivity index (χ2n) is 6.80. The maximum atomic E-state index is 10.5. The summed E-state index contributed by atoms with van der Waals surface area (Å²) in [5.74, 6) is 1.41. The minimum Gasteiger partial charge on any atom is -0.508 e. The predicted octanol–water partition coefficient (Wildman–Crippen LogP) is 5.75. The first kappa shape index (κ1) is 17.3. The van der Waals surface area contributed by atoms with Crippen molar-refractivity contribution in [3.63, 3.8) is 0 Å². The Bertz CT molecular complexity index is 762. The molecule has 0 radical (unpaired) electrons. The molecule has 130 valence electrons. The van der Waals surface area contributed by atoms with E-state index in [0.717, 1.165) is 24.0 Å². The quantitative estimate of drug-likeness (QED) is 0.683. The molecular weight excluding hydrogens is 308 g/mol. The Morgan fingerprint density at radius 1 is 0.920 bits per heavy atom. The fourth-order valence-corrected chi connectivity index (χ4v) is 4.28. The van der Waals surface area contributed by atoms with Gasteiger partial charge in [-0.2, -0.15) is 0 Å². The van der Waals surface area contributed by atoms with Crippen molar-refractivity contribution in [3.8, 4) is 11.5 Å². The van der Waals surface area contributed by atoms with Crippen LogP contribution in [0.5, 0.6) is 11.5 Å². The lowest BCUT2D eigenvalue weighted by atomic mass is 9.77. The van der Waals surface area contributed by atoms with E-state index in [1.165, 1.54) is 0 Å². The summed E-state index contributed by atoms with van der Waals surface area (Å²) in [7, 11) is 0. The monoisotopic (exact) mass is 334 g/mol. The van der Waals surface area contributed by atoms with Gasteiger partial charge < -0.3 is 10.2 Å². The summed E-state index contributed by atoms with van der Waals surface area (Å²) in [6, 6.07) is 15.1. The molecule has 2 heteroatoms. The Morgan fingerprint density at radius 2 is 1.44 bits per heavy atom. The number of hydrogen-bond donors (Lipinski definition) is 2. The van der Waals surface area contributed by atoms with E-state index < -0.39 is 0 Å². The van der Waals surface area contributed by atoms with Crippen molar-refractivity contribution >= 4 is 0 Å². The van der Waals surface area contributed by atoms with E-state index in [1.54, 1.807) is 12.1 Å². The predicted molar refractivity (Wildman–Crippen MR) is 103 cm³/mol. The van der Waals surface area contributed by atoms with Crippen LogP contribution in [0, 0.1) is 11.8 Å². The summed E-state index contributed by atoms with van der Waals surface area (Å²) in [5.41, 5.74) is 1.89. The number of phenols is 2. The normalized spacial score (nSPS) is 26.1. The zero-order chi connectivity index (χ0) is 17.8. The van der Waals surface area contributed by atoms with Gasteiger partial charge in [0, 0.05) is 11.8 Å². The number of hydrogen-bond acceptors (Lipinski definition) is 2. The van der Waals surface area contributed by atoms with Gasteiger partial charge in [-0.25, -0.2) is 0 Å². The number of aromatic hydroxyl groups is 2. The Kier molecular flexibility index (Phi) is 5.28. The lowest BCUT2D eigenvalue weighted by Gasteiger charge is -2.27. The molecule has 2 nitrogen and oxygen atoms in total. The second kappa shape index (κ2) is 7.60. The van der Waals surface area contributed by atoms with Crippen molar-refractivity contribution in [3.05, 3.63) is 84.5 Å². The zero-order valence-corrected chi connectivity index (χ0v) is 14.7. The highest BCUT2D eigenvalue weighted by molar-refractivity contribution is 5.45. The van der Waals surface area contributed by atoms with Crippen LogP contribution < -0.4 is 0 Å². The first-order valence-electron chi connectivity index (χ1n) is 9.02. The highest BCUT2D eigenvalue weighted by Crippen LogP contribution is 2.56. The molecule has 1 aliphatic carbocycles. The van der Waals surface area contributed by atoms with Gasteiger partial charge in [-0.15, -0.1) is 6.58 Å². The minimum absolute atomic E-state index is 0.0958. The van der Waals surface area contributed by atoms with E-state index in [0.29, 0.717) is 17.4 Å². The molecule has 25 heavy (non-hydrogen) atoms. The van der Waals surface area contributed by atoms with Gasteiger partial charge in [-0.3, -0.25) is 0 Å². The molecule has 2 aromatic rings. The van der Waals surface area contributed by atoms with Crippen LogP contribution in [0.2, 0.25) is 0 Å². The summed E-state index contributed by atoms with van der Waals surface area (Å²) in [4.78, 5) is 0. The van der Waals surface area contributed by atoms with Crippen LogP contribution in [0.1, 0.15) is 42.7 Å². The Morgan fingerprint density at radius 3 is 1.92 bits per heavy atom. The third kappa shape index (κ3) is 3.34. The first-order valence-corrected chi connectivity index (χ1v) is 9.02. The van der Waals surface area contributed by atoms with Crippen LogP contribution in [-0.4, -0.2) is 10.2 Å². The summed E-state index contributed by atoms with van der Waals surface area (Å²) >= 11 is 0. The van der Waals surface area contributed by atoms with Crippen LogP contribution in [-0.2, 0) is 0 Å². The molecule has 1 aliphatic rings. The minimum atomic E-state index is 0.0958. The van der Waals surface area contributed by atoms with Gasteiger partial charge in [-0.05, 0) is 47.9 Å². The maximum Gasteiger partial charge on any atom is 0.119 e. The molecule has 3 rings (SSSR count). The largest absolute Gasteiger partial charge is 0.508 e. The molecule has 1 saturated carbocycles. The van der Waals surface area contributed by atoms with Gasteiger partial charge in [-0.1, -0.05) is 61.5 Å². The fraction of sp³-hybridized carbons (Fsp3) is 0.304. The van der Waals surface area contributed by atoms with Gasteiger partial charge >= 0.3 is 0 Å². The highest BCUT2D eigenvalue weighted by Gasteiger charge is 2.44. The Labute approximate surface area is 150 Å². The van der Waals surface area contributed by atoms with Gasteiger partial charge in [0.1, 0.15) is 11.5 Å². The number of allylic oxidation sites excluding steroid dienone is 3. The molecule has 0 aromatic heterocycles. The summed E-state index contributed by atoms with van der Waals surface area (Å²) in [6.45, 7) is 6.18. The van der Waals surface area contributed by atoms with Crippen molar-refractivity contribution in [2.45, 2.75) is 31.6 Å². The first-order chi connectivity index (χ1) is 12.2. The van der Waals surface area contributed by atoms with Crippen LogP contribution in [0.3, 0.4) is 0 Å². The lowest BCUT2D eigenvalue weighted by Crippen LogP contribution is -2.14. The van der Waals surface area contributed by atoms with E-state index in [1.807, 2.05) is 42.5 Å². The lowest BCUT2D eigenvalue weighted by molar-refractivity contribution is 0.427. The van der Waals surface area contributed by atoms with Gasteiger partial charge in [0.2, 0.25) is 0 Å². The van der Waals surface area contributed by atoms with E-state index in [4.69, 9.17) is 0 Å². The SMILES string of the molecule is C=C[C@@H]1CC(/C=C/CC)[C@@H](c2ccccc2O)[C@@H]1c1ccccc1O. The fourth-order valence-electron chi connectivity index (χ4n) is 4.28. The van der Waals surface area contributed by atoms with Crippen molar-refractivity contribution < 1.29 is 10.2 Å². The van der Waals surface area contributed by atoms with Crippen molar-refractivity contribution in [1.29, 1.82) is 0 Å². The van der Waals surface area contributed by atoms with E-state index in [9.17, 15) is 10.2 Å². The molecule has 0 spiro atoms. The third-order valence-electron chi connectivity index (χ3n) is 5.37. The maximum absolute atomic E-state index is 10.5. The number of benzene rings is 2. The molecule has 0 aliphatic heterocycles. The smallest absolute Gasteiger partial charge is 0.119 e. The van der Waals surface area contributed by atoms with Crippen molar-refractivity contribution in [2.75, 3.05) is 0 Å². The second-order valence-corrected chi connectivity index (χ2v) is 6.80. The van der Waals surface area contributed by atoms with Crippen molar-refractivity contribution in [2.24, 2.45) is 11.8 Å². The van der Waals surface area contributed by atoms with Crippen LogP contribution in [0.15, 0.2) is 73.3 Å². The highest BCUT2D eigenvalue weighted by atomic mass is 16.3. The van der Waals surface area contributed by atoms with Crippen LogP contribution >= 0.6 is 0 Å². The Hall–Kier alpha value is -2.48. The molecular formula is C23H26O2. The van der Waals surface area contributed by atoms with E-state index in [2.05, 4.69) is 25.7 Å². The molecule has 0 saturated heterocycles. The average molecular weight is 334 g/mol. The van der Waals surface area contributed by atoms with Crippen LogP contribution in [0.25, 0.3) is 0 Å². The topological polar surface area (TPSA) is 40.5 Å². The molecule has 0 amide bonds. The van der Waals surface area contributed by atoms with Gasteiger partial charge in [0.15, 0.2) is 0 Å². The number of para-hydroxylation sites is 2. The van der Waals surface area contributed by atoms with E-state index >= 15 is 0 Å². The summed E-state index contributed by atoms with van der Waals surface area (Å²) in [5, 5.41) is 21.0. The molecule has 0 heterocycles. The molecule has 2 aromatic carbocycles. The summed E-state index contributed by atoms with van der Waals surface area (Å²) in [6.07, 6.45) is 8.44. The molecule has 1 fully saturated rings. The van der Waals surface area contributed by atoms with Crippen molar-refractivity contribution in [1.82, 2.24) is 0 Å². The number of phenolic OH excluding ortho intramolecular Hbond substituents is 2. The molecule has 2 N–H and O–H groups in total. The number of rotatable bonds is 5. The molecule has 0 bridgehead atoms. The van der Waals surface area contributed by atoms with Crippen LogP contribution in [0.4, 0.5) is 0 Å². The van der Waals surface area contributed by atoms with Gasteiger partial charge in [0.25, 0.3) is 0 Å². The van der Waals surface area contributed by atoms with Gasteiger partial charge in [0.05, 0.1) is 0 Å². The zero-order valence-electron chi connectivity index (χ0n) is 14.7. The standard InChI is InChI=1S/C23H26O2/c1-3-5-10-17-15-16(4-2)22(18-11-6-8-13-20(18)24)23(17)19-12-7-9-14-21(19)25/h4-14,16-17,22-25H,2-3,15H2,1H3/b10-5+/t16-,17?,22+,23+/m1/s1. The third-order valence-corrected chi connectivity index (χ3v) is 5.37. The van der Waals surface area contributed by atoms with E-state index in [-0.39, 0.29) is 17.8 Å². The summed E-state index contributed by atoms with van der Waals surface area (Å²) < 4.78 is 0. The Balaban J connectivity index is 2.14. The average Bonchev–Trinajstić information content (AvgIpc) is 2.99. The molecule has 1 unspecified atom stereocenters.